The maximum Gasteiger partial charge on any atom is 0.235 e. The van der Waals surface area contributed by atoms with Crippen LogP contribution in [0.25, 0.3) is 22.5 Å². The highest BCUT2D eigenvalue weighted by atomic mass is 35.5. The van der Waals surface area contributed by atoms with E-state index >= 15 is 0 Å². The fourth-order valence-electron chi connectivity index (χ4n) is 2.77. The summed E-state index contributed by atoms with van der Waals surface area (Å²) in [6, 6.07) is 12.8. The molecule has 0 unspecified atom stereocenters. The molecule has 0 saturated carbocycles. The van der Waals surface area contributed by atoms with Gasteiger partial charge in [0.2, 0.25) is 16.9 Å². The number of rotatable bonds is 4. The third-order valence-corrected chi connectivity index (χ3v) is 4.61. The molecule has 0 fully saturated rings. The molecule has 0 bridgehead atoms. The van der Waals surface area contributed by atoms with Crippen LogP contribution < -0.4 is 10.2 Å². The van der Waals surface area contributed by atoms with E-state index < -0.39 is 11.2 Å². The molecule has 136 valence electrons. The van der Waals surface area contributed by atoms with E-state index in [4.69, 9.17) is 25.2 Å². The molecule has 2 aromatic carbocycles. The van der Waals surface area contributed by atoms with E-state index in [1.807, 2.05) is 6.92 Å². The molecular weight excluding hydrogens is 371 g/mol. The highest BCUT2D eigenvalue weighted by Gasteiger charge is 2.21. The minimum absolute atomic E-state index is 0.0550. The molecule has 0 saturated heterocycles. The number of ether oxygens (including phenoxy) is 1. The largest absolute Gasteiger partial charge is 0.481 e. The Morgan fingerprint density at radius 3 is 2.70 bits per heavy atom. The third-order valence-electron chi connectivity index (χ3n) is 4.20. The average molecular weight is 385 g/mol. The lowest BCUT2D eigenvalue weighted by Crippen LogP contribution is -2.11. The summed E-state index contributed by atoms with van der Waals surface area (Å²) in [5, 5.41) is 0.727. The molecule has 0 aliphatic heterocycles. The van der Waals surface area contributed by atoms with Crippen LogP contribution in [0.3, 0.4) is 0 Å². The molecule has 0 radical (unpaired) electrons. The Morgan fingerprint density at radius 1 is 1.15 bits per heavy atom. The fraction of sp³-hybridized carbons (Fsp3) is 0.0952. The maximum atomic E-state index is 13.9. The Balaban J connectivity index is 1.87. The standard InChI is InChI=1S/C21H14ClFO4/c1-12-9-18-14(10-15(12)22)19(24)21(20(27-18)17-7-4-8-25-17)26-11-13-5-2-3-6-16(13)23/h2-10H,11H2,1H3. The van der Waals surface area contributed by atoms with Crippen LogP contribution in [0.1, 0.15) is 11.1 Å². The lowest BCUT2D eigenvalue weighted by atomic mass is 10.1. The molecule has 0 aliphatic rings. The van der Waals surface area contributed by atoms with Crippen molar-refractivity contribution in [2.45, 2.75) is 13.5 Å². The molecular formula is C21H14ClFO4. The fourth-order valence-corrected chi connectivity index (χ4v) is 2.93. The summed E-state index contributed by atoms with van der Waals surface area (Å²) in [4.78, 5) is 13.0. The van der Waals surface area contributed by atoms with Gasteiger partial charge in [0.15, 0.2) is 5.76 Å². The van der Waals surface area contributed by atoms with Crippen LogP contribution in [0.4, 0.5) is 4.39 Å². The summed E-state index contributed by atoms with van der Waals surface area (Å²) in [6.45, 7) is 1.69. The van der Waals surface area contributed by atoms with Gasteiger partial charge >= 0.3 is 0 Å². The van der Waals surface area contributed by atoms with Crippen LogP contribution in [0, 0.1) is 12.7 Å². The van der Waals surface area contributed by atoms with Gasteiger partial charge in [0.25, 0.3) is 0 Å². The Morgan fingerprint density at radius 2 is 1.96 bits per heavy atom. The van der Waals surface area contributed by atoms with Crippen molar-refractivity contribution in [2.75, 3.05) is 0 Å². The van der Waals surface area contributed by atoms with E-state index in [0.29, 0.717) is 21.9 Å². The first-order chi connectivity index (χ1) is 13.0. The van der Waals surface area contributed by atoms with Crippen LogP contribution in [-0.4, -0.2) is 0 Å². The lowest BCUT2D eigenvalue weighted by molar-refractivity contribution is 0.290. The number of halogens is 2. The Hall–Kier alpha value is -3.05. The van der Waals surface area contributed by atoms with Gasteiger partial charge in [-0.1, -0.05) is 29.8 Å². The molecule has 0 spiro atoms. The first-order valence-corrected chi connectivity index (χ1v) is 8.59. The van der Waals surface area contributed by atoms with Crippen molar-refractivity contribution in [3.8, 4) is 17.3 Å². The van der Waals surface area contributed by atoms with E-state index in [0.717, 1.165) is 5.56 Å². The van der Waals surface area contributed by atoms with Crippen LogP contribution in [0.2, 0.25) is 5.02 Å². The van der Waals surface area contributed by atoms with E-state index in [2.05, 4.69) is 0 Å². The summed E-state index contributed by atoms with van der Waals surface area (Å²) in [5.41, 5.74) is 1.06. The summed E-state index contributed by atoms with van der Waals surface area (Å²) in [5.74, 6) is 0.0159. The van der Waals surface area contributed by atoms with Crippen molar-refractivity contribution in [2.24, 2.45) is 0 Å². The SMILES string of the molecule is Cc1cc2oc(-c3ccco3)c(OCc3ccccc3F)c(=O)c2cc1Cl. The van der Waals surface area contributed by atoms with Crippen molar-refractivity contribution in [1.82, 2.24) is 0 Å². The molecule has 2 aromatic heterocycles. The summed E-state index contributed by atoms with van der Waals surface area (Å²) < 4.78 is 30.9. The molecule has 4 aromatic rings. The van der Waals surface area contributed by atoms with Gasteiger partial charge in [-0.3, -0.25) is 4.79 Å². The second kappa shape index (κ2) is 6.93. The normalized spacial score (nSPS) is 11.1. The quantitative estimate of drug-likeness (QED) is 0.450. The predicted octanol–water partition coefficient (Wildman–Crippen LogP) is 5.73. The first kappa shape index (κ1) is 17.4. The van der Waals surface area contributed by atoms with Gasteiger partial charge in [0.05, 0.1) is 11.6 Å². The van der Waals surface area contributed by atoms with E-state index in [1.165, 1.54) is 12.3 Å². The van der Waals surface area contributed by atoms with Crippen LogP contribution in [0.15, 0.2) is 68.4 Å². The maximum absolute atomic E-state index is 13.9. The second-order valence-electron chi connectivity index (χ2n) is 6.04. The van der Waals surface area contributed by atoms with Gasteiger partial charge in [0, 0.05) is 10.6 Å². The Bertz CT molecular complexity index is 1180. The number of fused-ring (bicyclic) bond motifs is 1. The molecule has 0 N–H and O–H groups in total. The van der Waals surface area contributed by atoms with Gasteiger partial charge in [0.1, 0.15) is 18.0 Å². The van der Waals surface area contributed by atoms with Crippen LogP contribution in [0.5, 0.6) is 5.75 Å². The number of aryl methyl sites for hydroxylation is 1. The average Bonchev–Trinajstić information content (AvgIpc) is 3.18. The van der Waals surface area contributed by atoms with Crippen molar-refractivity contribution >= 4 is 22.6 Å². The number of benzene rings is 2. The Labute approximate surface area is 158 Å². The predicted molar refractivity (Wildman–Crippen MR) is 101 cm³/mol. The van der Waals surface area contributed by atoms with Crippen molar-refractivity contribution in [1.29, 1.82) is 0 Å². The molecule has 0 aliphatic carbocycles. The minimum Gasteiger partial charge on any atom is -0.481 e. The van der Waals surface area contributed by atoms with Crippen molar-refractivity contribution < 1.29 is 18.0 Å². The molecule has 2 heterocycles. The Kier molecular flexibility index (Phi) is 4.46. The molecule has 27 heavy (non-hydrogen) atoms. The van der Waals surface area contributed by atoms with Gasteiger partial charge < -0.3 is 13.6 Å². The van der Waals surface area contributed by atoms with E-state index in [-0.39, 0.29) is 23.5 Å². The second-order valence-corrected chi connectivity index (χ2v) is 6.45. The highest BCUT2D eigenvalue weighted by Crippen LogP contribution is 2.33. The smallest absolute Gasteiger partial charge is 0.235 e. The lowest BCUT2D eigenvalue weighted by Gasteiger charge is -2.11. The summed E-state index contributed by atoms with van der Waals surface area (Å²) in [7, 11) is 0. The van der Waals surface area contributed by atoms with Crippen LogP contribution >= 0.6 is 11.6 Å². The summed E-state index contributed by atoms with van der Waals surface area (Å²) >= 11 is 6.16. The zero-order valence-corrected chi connectivity index (χ0v) is 15.0. The molecule has 6 heteroatoms. The van der Waals surface area contributed by atoms with Gasteiger partial charge in [-0.05, 0) is 42.8 Å². The van der Waals surface area contributed by atoms with Crippen molar-refractivity contribution in [3.63, 3.8) is 0 Å². The summed E-state index contributed by atoms with van der Waals surface area (Å²) in [6.07, 6.45) is 1.47. The van der Waals surface area contributed by atoms with E-state index in [9.17, 15) is 9.18 Å². The highest BCUT2D eigenvalue weighted by molar-refractivity contribution is 6.32. The molecule has 0 amide bonds. The van der Waals surface area contributed by atoms with E-state index in [1.54, 1.807) is 42.5 Å². The third kappa shape index (κ3) is 3.22. The monoisotopic (exact) mass is 384 g/mol. The minimum atomic E-state index is -0.416. The van der Waals surface area contributed by atoms with Gasteiger partial charge in [-0.2, -0.15) is 0 Å². The number of hydrogen-bond acceptors (Lipinski definition) is 4. The number of furan rings is 1. The van der Waals surface area contributed by atoms with Crippen LogP contribution in [-0.2, 0) is 6.61 Å². The zero-order valence-electron chi connectivity index (χ0n) is 14.3. The molecule has 0 atom stereocenters. The molecule has 4 nitrogen and oxygen atoms in total. The van der Waals surface area contributed by atoms with Gasteiger partial charge in [-0.15, -0.1) is 0 Å². The topological polar surface area (TPSA) is 52.6 Å². The molecule has 4 rings (SSSR count). The first-order valence-electron chi connectivity index (χ1n) is 8.21. The van der Waals surface area contributed by atoms with Gasteiger partial charge in [-0.25, -0.2) is 4.39 Å². The number of hydrogen-bond donors (Lipinski definition) is 0. The van der Waals surface area contributed by atoms with Crippen molar-refractivity contribution in [3.05, 3.63) is 87.0 Å². The zero-order chi connectivity index (χ0) is 19.0.